The molecule has 1 aromatic carbocycles. The Morgan fingerprint density at radius 2 is 2.16 bits per heavy atom. The first-order valence-electron chi connectivity index (χ1n) is 5.73. The summed E-state index contributed by atoms with van der Waals surface area (Å²) in [4.78, 5) is 22.3. The molecule has 0 atom stereocenters. The highest BCUT2D eigenvalue weighted by atomic mass is 16.5. The van der Waals surface area contributed by atoms with Crippen LogP contribution < -0.4 is 14.8 Å². The van der Waals surface area contributed by atoms with E-state index in [1.54, 1.807) is 25.3 Å². The Kier molecular flexibility index (Phi) is 6.38. The van der Waals surface area contributed by atoms with Gasteiger partial charge in [0.05, 0.1) is 19.3 Å². The van der Waals surface area contributed by atoms with Gasteiger partial charge in [0.15, 0.2) is 12.9 Å². The van der Waals surface area contributed by atoms with E-state index in [0.717, 1.165) is 0 Å². The second kappa shape index (κ2) is 8.10. The fourth-order valence-corrected chi connectivity index (χ4v) is 1.36. The lowest BCUT2D eigenvalue weighted by molar-refractivity contribution is -0.123. The maximum Gasteiger partial charge on any atom is 0.258 e. The van der Waals surface area contributed by atoms with Crippen LogP contribution in [-0.4, -0.2) is 46.2 Å². The number of ether oxygens (including phenoxy) is 3. The number of hydrogen-bond donors (Lipinski definition) is 1. The van der Waals surface area contributed by atoms with Crippen molar-refractivity contribution in [2.24, 2.45) is 0 Å². The van der Waals surface area contributed by atoms with Crippen LogP contribution in [0.15, 0.2) is 18.2 Å². The number of rotatable bonds is 8. The van der Waals surface area contributed by atoms with Gasteiger partial charge in [-0.15, -0.1) is 0 Å². The number of nitrogens with one attached hydrogen (secondary N) is 1. The van der Waals surface area contributed by atoms with Gasteiger partial charge in [-0.1, -0.05) is 0 Å². The number of carbonyl (C=O) groups is 2. The molecule has 0 aliphatic heterocycles. The first-order valence-corrected chi connectivity index (χ1v) is 5.73. The van der Waals surface area contributed by atoms with Crippen molar-refractivity contribution in [2.45, 2.75) is 0 Å². The molecule has 0 saturated carbocycles. The van der Waals surface area contributed by atoms with Crippen molar-refractivity contribution in [3.63, 3.8) is 0 Å². The summed E-state index contributed by atoms with van der Waals surface area (Å²) < 4.78 is 15.1. The monoisotopic (exact) mass is 267 g/mol. The van der Waals surface area contributed by atoms with E-state index in [0.29, 0.717) is 36.5 Å². The maximum atomic E-state index is 11.4. The Balaban J connectivity index is 2.52. The molecule has 104 valence electrons. The number of methoxy groups -OCH3 is 2. The summed E-state index contributed by atoms with van der Waals surface area (Å²) in [5, 5.41) is 2.61. The van der Waals surface area contributed by atoms with Crippen molar-refractivity contribution in [1.29, 1.82) is 0 Å². The number of hydrogen-bond acceptors (Lipinski definition) is 5. The van der Waals surface area contributed by atoms with Gasteiger partial charge in [0.25, 0.3) is 5.91 Å². The standard InChI is InChI=1S/C13H17NO5/c1-17-6-5-14-13(16)9-19-12-4-3-11(18-2)7-10(12)8-15/h3-4,7-8H,5-6,9H2,1-2H3,(H,14,16). The lowest BCUT2D eigenvalue weighted by Gasteiger charge is -2.10. The number of aldehydes is 1. The molecule has 0 unspecified atom stereocenters. The molecule has 0 aliphatic carbocycles. The third-order valence-corrected chi connectivity index (χ3v) is 2.33. The Morgan fingerprint density at radius 1 is 1.37 bits per heavy atom. The molecule has 0 fully saturated rings. The van der Waals surface area contributed by atoms with Gasteiger partial charge in [0.2, 0.25) is 0 Å². The summed E-state index contributed by atoms with van der Waals surface area (Å²) in [5.41, 5.74) is 0.337. The minimum atomic E-state index is -0.273. The maximum absolute atomic E-state index is 11.4. The van der Waals surface area contributed by atoms with Crippen LogP contribution in [0.25, 0.3) is 0 Å². The molecule has 1 aromatic rings. The molecular formula is C13H17NO5. The molecular weight excluding hydrogens is 250 g/mol. The summed E-state index contributed by atoms with van der Waals surface area (Å²) in [5.74, 6) is 0.626. The zero-order valence-corrected chi connectivity index (χ0v) is 11.0. The summed E-state index contributed by atoms with van der Waals surface area (Å²) in [6.07, 6.45) is 0.653. The van der Waals surface area contributed by atoms with E-state index in [2.05, 4.69) is 5.32 Å². The number of amides is 1. The second-order valence-corrected chi connectivity index (χ2v) is 3.65. The zero-order chi connectivity index (χ0) is 14.1. The van der Waals surface area contributed by atoms with Gasteiger partial charge < -0.3 is 19.5 Å². The van der Waals surface area contributed by atoms with Gasteiger partial charge in [-0.25, -0.2) is 0 Å². The fraction of sp³-hybridized carbons (Fsp3) is 0.385. The van der Waals surface area contributed by atoms with Crippen LogP contribution in [-0.2, 0) is 9.53 Å². The first-order chi connectivity index (χ1) is 9.21. The average molecular weight is 267 g/mol. The van der Waals surface area contributed by atoms with Gasteiger partial charge in [-0.3, -0.25) is 9.59 Å². The van der Waals surface area contributed by atoms with Gasteiger partial charge in [0.1, 0.15) is 11.5 Å². The molecule has 0 aromatic heterocycles. The summed E-state index contributed by atoms with van der Waals surface area (Å²) in [7, 11) is 3.06. The summed E-state index contributed by atoms with van der Waals surface area (Å²) in [6.45, 7) is 0.701. The third-order valence-electron chi connectivity index (χ3n) is 2.33. The minimum Gasteiger partial charge on any atom is -0.497 e. The predicted octanol–water partition coefficient (Wildman–Crippen LogP) is 0.649. The molecule has 6 heteroatoms. The van der Waals surface area contributed by atoms with Crippen molar-refractivity contribution in [3.8, 4) is 11.5 Å². The average Bonchev–Trinajstić information content (AvgIpc) is 2.45. The molecule has 1 amide bonds. The minimum absolute atomic E-state index is 0.156. The molecule has 0 aliphatic rings. The highest BCUT2D eigenvalue weighted by Crippen LogP contribution is 2.22. The Hall–Kier alpha value is -2.08. The zero-order valence-electron chi connectivity index (χ0n) is 11.0. The summed E-state index contributed by atoms with van der Waals surface area (Å²) in [6, 6.07) is 4.79. The highest BCUT2D eigenvalue weighted by molar-refractivity contribution is 5.81. The van der Waals surface area contributed by atoms with E-state index in [9.17, 15) is 9.59 Å². The Bertz CT molecular complexity index is 433. The molecule has 0 bridgehead atoms. The van der Waals surface area contributed by atoms with Crippen molar-refractivity contribution in [2.75, 3.05) is 34.0 Å². The number of carbonyl (C=O) groups excluding carboxylic acids is 2. The van der Waals surface area contributed by atoms with Crippen molar-refractivity contribution in [1.82, 2.24) is 5.32 Å². The quantitative estimate of drug-likeness (QED) is 0.553. The van der Waals surface area contributed by atoms with E-state index in [1.807, 2.05) is 0 Å². The van der Waals surface area contributed by atoms with Crippen LogP contribution in [0, 0.1) is 0 Å². The smallest absolute Gasteiger partial charge is 0.258 e. The van der Waals surface area contributed by atoms with E-state index in [4.69, 9.17) is 14.2 Å². The Labute approximate surface area is 111 Å². The van der Waals surface area contributed by atoms with E-state index < -0.39 is 0 Å². The van der Waals surface area contributed by atoms with E-state index >= 15 is 0 Å². The van der Waals surface area contributed by atoms with Gasteiger partial charge in [0, 0.05) is 13.7 Å². The molecule has 0 spiro atoms. The lowest BCUT2D eigenvalue weighted by Crippen LogP contribution is -2.31. The third kappa shape index (κ3) is 4.97. The lowest BCUT2D eigenvalue weighted by atomic mass is 10.2. The molecule has 0 saturated heterocycles. The van der Waals surface area contributed by atoms with Crippen LogP contribution >= 0.6 is 0 Å². The van der Waals surface area contributed by atoms with Crippen LogP contribution in [0.2, 0.25) is 0 Å². The van der Waals surface area contributed by atoms with Crippen LogP contribution in [0.3, 0.4) is 0 Å². The van der Waals surface area contributed by atoms with E-state index in [1.165, 1.54) is 7.11 Å². The van der Waals surface area contributed by atoms with Crippen LogP contribution in [0.4, 0.5) is 0 Å². The highest BCUT2D eigenvalue weighted by Gasteiger charge is 2.07. The van der Waals surface area contributed by atoms with Crippen LogP contribution in [0.1, 0.15) is 10.4 Å². The topological polar surface area (TPSA) is 73.9 Å². The molecule has 6 nitrogen and oxygen atoms in total. The van der Waals surface area contributed by atoms with E-state index in [-0.39, 0.29) is 12.5 Å². The molecule has 1 N–H and O–H groups in total. The SMILES string of the molecule is COCCNC(=O)COc1ccc(OC)cc1C=O. The molecule has 0 heterocycles. The fourth-order valence-electron chi connectivity index (χ4n) is 1.36. The van der Waals surface area contributed by atoms with Crippen molar-refractivity contribution >= 4 is 12.2 Å². The largest absolute Gasteiger partial charge is 0.497 e. The molecule has 1 rings (SSSR count). The molecule has 19 heavy (non-hydrogen) atoms. The van der Waals surface area contributed by atoms with Gasteiger partial charge in [-0.2, -0.15) is 0 Å². The number of benzene rings is 1. The normalized spacial score (nSPS) is 9.79. The predicted molar refractivity (Wildman–Crippen MR) is 68.8 cm³/mol. The van der Waals surface area contributed by atoms with Crippen LogP contribution in [0.5, 0.6) is 11.5 Å². The first kappa shape index (κ1) is 15.0. The van der Waals surface area contributed by atoms with Gasteiger partial charge in [-0.05, 0) is 18.2 Å². The molecule has 0 radical (unpaired) electrons. The van der Waals surface area contributed by atoms with Crippen molar-refractivity contribution in [3.05, 3.63) is 23.8 Å². The summed E-state index contributed by atoms with van der Waals surface area (Å²) >= 11 is 0. The Morgan fingerprint density at radius 3 is 2.79 bits per heavy atom. The van der Waals surface area contributed by atoms with Gasteiger partial charge >= 0.3 is 0 Å². The second-order valence-electron chi connectivity index (χ2n) is 3.65. The van der Waals surface area contributed by atoms with Crippen molar-refractivity contribution < 1.29 is 23.8 Å².